The van der Waals surface area contributed by atoms with E-state index < -0.39 is 0 Å². The number of nitrogens with one attached hydrogen (secondary N) is 1. The number of aryl methyl sites for hydroxylation is 1. The average molecular weight is 662 g/mol. The number of benzene rings is 3. The molecule has 5 rings (SSSR count). The maximum absolute atomic E-state index is 13.4. The zero-order chi connectivity index (χ0) is 27.9. The van der Waals surface area contributed by atoms with Gasteiger partial charge in [-0.05, 0) is 83.2 Å². The molecule has 0 aliphatic heterocycles. The van der Waals surface area contributed by atoms with E-state index in [1.807, 2.05) is 60.7 Å². The van der Waals surface area contributed by atoms with E-state index in [4.69, 9.17) is 14.5 Å². The van der Waals surface area contributed by atoms with Gasteiger partial charge in [0.25, 0.3) is 5.91 Å². The molecule has 0 unspecified atom stereocenters. The minimum Gasteiger partial charge on any atom is -0.493 e. The molecule has 40 heavy (non-hydrogen) atoms. The van der Waals surface area contributed by atoms with E-state index >= 15 is 0 Å². The van der Waals surface area contributed by atoms with Crippen LogP contribution in [0.4, 0.5) is 5.00 Å². The molecule has 0 saturated carbocycles. The maximum Gasteiger partial charge on any atom is 0.254 e. The molecule has 0 spiro atoms. The number of thiophene rings is 1. The van der Waals surface area contributed by atoms with E-state index in [0.717, 1.165) is 56.5 Å². The van der Waals surface area contributed by atoms with E-state index in [0.29, 0.717) is 29.2 Å². The van der Waals surface area contributed by atoms with Gasteiger partial charge in [-0.1, -0.05) is 48.5 Å². The van der Waals surface area contributed by atoms with E-state index in [2.05, 4.69) is 34.0 Å². The number of halogens is 1. The van der Waals surface area contributed by atoms with Crippen molar-refractivity contribution in [2.75, 3.05) is 7.11 Å². The highest BCUT2D eigenvalue weighted by molar-refractivity contribution is 14.1. The largest absolute Gasteiger partial charge is 0.493 e. The number of rotatable bonds is 9. The second-order valence-electron chi connectivity index (χ2n) is 9.41. The van der Waals surface area contributed by atoms with Crippen LogP contribution < -0.4 is 14.8 Å². The summed E-state index contributed by atoms with van der Waals surface area (Å²) in [6, 6.07) is 23.4. The van der Waals surface area contributed by atoms with Crippen molar-refractivity contribution < 1.29 is 14.3 Å². The first kappa shape index (κ1) is 27.9. The van der Waals surface area contributed by atoms with Gasteiger partial charge in [-0.3, -0.25) is 4.79 Å². The zero-order valence-electron chi connectivity index (χ0n) is 22.1. The number of carbonyl (C=O) groups is 1. The van der Waals surface area contributed by atoms with Gasteiger partial charge >= 0.3 is 0 Å². The van der Waals surface area contributed by atoms with Crippen LogP contribution in [0.15, 0.2) is 71.7 Å². The molecule has 0 fully saturated rings. The van der Waals surface area contributed by atoms with Crippen molar-refractivity contribution in [3.8, 4) is 17.6 Å². The average Bonchev–Trinajstić information content (AvgIpc) is 3.37. The Bertz CT molecular complexity index is 1590. The van der Waals surface area contributed by atoms with Crippen molar-refractivity contribution in [2.45, 2.75) is 38.8 Å². The Labute approximate surface area is 251 Å². The fraction of sp³-hybridized carbons (Fsp3) is 0.219. The van der Waals surface area contributed by atoms with Gasteiger partial charge in [0.15, 0.2) is 11.5 Å². The number of aliphatic imine (C=N–C) groups is 1. The number of nitrogens with zero attached hydrogens (tertiary/aromatic N) is 2. The normalized spacial score (nSPS) is 12.5. The summed E-state index contributed by atoms with van der Waals surface area (Å²) in [6.07, 6.45) is 5.90. The van der Waals surface area contributed by atoms with E-state index in [1.165, 1.54) is 4.88 Å². The summed E-state index contributed by atoms with van der Waals surface area (Å²) in [5.41, 5.74) is 5.14. The summed E-state index contributed by atoms with van der Waals surface area (Å²) in [6.45, 7) is 0.731. The van der Waals surface area contributed by atoms with Crippen molar-refractivity contribution in [2.24, 2.45) is 4.99 Å². The van der Waals surface area contributed by atoms with Gasteiger partial charge < -0.3 is 14.8 Å². The summed E-state index contributed by atoms with van der Waals surface area (Å²) in [7, 11) is 1.60. The molecular formula is C32H28IN3O3S. The van der Waals surface area contributed by atoms with Gasteiger partial charge in [0.05, 0.1) is 27.9 Å². The number of fused-ring (bicyclic) bond motifs is 1. The third-order valence-electron chi connectivity index (χ3n) is 6.77. The number of hydrogen-bond donors (Lipinski definition) is 1. The molecule has 4 aromatic rings. The molecule has 0 atom stereocenters. The van der Waals surface area contributed by atoms with Crippen LogP contribution in [0.25, 0.3) is 0 Å². The lowest BCUT2D eigenvalue weighted by molar-refractivity contribution is 0.0951. The van der Waals surface area contributed by atoms with Gasteiger partial charge in [-0.2, -0.15) is 5.26 Å². The molecule has 1 aromatic heterocycles. The summed E-state index contributed by atoms with van der Waals surface area (Å²) < 4.78 is 12.6. The van der Waals surface area contributed by atoms with Crippen LogP contribution in [-0.4, -0.2) is 19.2 Å². The summed E-state index contributed by atoms with van der Waals surface area (Å²) in [5, 5.41) is 13.2. The molecule has 0 saturated heterocycles. The van der Waals surface area contributed by atoms with Gasteiger partial charge in [0.2, 0.25) is 0 Å². The number of nitriles is 1. The Hall–Kier alpha value is -3.68. The second-order valence-corrected chi connectivity index (χ2v) is 11.7. The van der Waals surface area contributed by atoms with Gasteiger partial charge in [-0.25, -0.2) is 4.99 Å². The van der Waals surface area contributed by atoms with Crippen LogP contribution in [0.5, 0.6) is 11.5 Å². The van der Waals surface area contributed by atoms with Crippen LogP contribution >= 0.6 is 33.9 Å². The van der Waals surface area contributed by atoms with Crippen LogP contribution in [-0.2, 0) is 26.0 Å². The predicted molar refractivity (Wildman–Crippen MR) is 167 cm³/mol. The first-order valence-electron chi connectivity index (χ1n) is 13.1. The Kier molecular flexibility index (Phi) is 9.14. The number of ether oxygens (including phenoxy) is 2. The molecule has 202 valence electrons. The van der Waals surface area contributed by atoms with Crippen molar-refractivity contribution in [3.05, 3.63) is 109 Å². The summed E-state index contributed by atoms with van der Waals surface area (Å²) in [4.78, 5) is 19.5. The first-order valence-corrected chi connectivity index (χ1v) is 15.0. The van der Waals surface area contributed by atoms with Gasteiger partial charge in [0.1, 0.15) is 11.6 Å². The van der Waals surface area contributed by atoms with Crippen molar-refractivity contribution in [1.82, 2.24) is 5.32 Å². The number of carbonyl (C=O) groups excluding carboxylic acids is 1. The van der Waals surface area contributed by atoms with Crippen LogP contribution in [0, 0.1) is 14.9 Å². The van der Waals surface area contributed by atoms with Crippen LogP contribution in [0.2, 0.25) is 0 Å². The fourth-order valence-electron chi connectivity index (χ4n) is 4.74. The lowest BCUT2D eigenvalue weighted by Gasteiger charge is -2.14. The highest BCUT2D eigenvalue weighted by atomic mass is 127. The summed E-state index contributed by atoms with van der Waals surface area (Å²) >= 11 is 3.84. The molecule has 3 aromatic carbocycles. The number of hydrogen-bond acceptors (Lipinski definition) is 6. The molecule has 1 aliphatic carbocycles. The van der Waals surface area contributed by atoms with E-state index in [9.17, 15) is 10.1 Å². The molecule has 1 heterocycles. The Balaban J connectivity index is 1.38. The Morgan fingerprint density at radius 1 is 1.12 bits per heavy atom. The molecule has 0 radical (unpaired) electrons. The second kappa shape index (κ2) is 13.1. The van der Waals surface area contributed by atoms with Crippen molar-refractivity contribution >= 4 is 51.1 Å². The monoisotopic (exact) mass is 661 g/mol. The Morgan fingerprint density at radius 3 is 2.70 bits per heavy atom. The molecule has 6 nitrogen and oxygen atoms in total. The number of amides is 1. The molecule has 1 aliphatic rings. The fourth-order valence-corrected chi connectivity index (χ4v) is 6.75. The maximum atomic E-state index is 13.4. The highest BCUT2D eigenvalue weighted by Crippen LogP contribution is 2.40. The minimum absolute atomic E-state index is 0.0797. The lowest BCUT2D eigenvalue weighted by atomic mass is 9.95. The van der Waals surface area contributed by atoms with Crippen LogP contribution in [0.1, 0.15) is 55.9 Å². The SMILES string of the molecule is COc1cc(C=Nc2sc3c(c2C(=O)NCc2ccccc2)CCCC3)cc(I)c1OCc1ccccc1C#N. The topological polar surface area (TPSA) is 83.7 Å². The molecule has 1 N–H and O–H groups in total. The smallest absolute Gasteiger partial charge is 0.254 e. The third kappa shape index (κ3) is 6.37. The standard InChI is InChI=1S/C32H28IN3O3S/c1-38-27-16-22(15-26(33)30(27)39-20-24-12-6-5-11-23(24)17-34)19-36-32-29(25-13-7-8-14-28(25)40-32)31(37)35-18-21-9-3-2-4-10-21/h2-6,9-12,15-16,19H,7-8,13-14,18,20H2,1H3,(H,35,37). The van der Waals surface area contributed by atoms with E-state index in [-0.39, 0.29) is 12.5 Å². The van der Waals surface area contributed by atoms with Crippen LogP contribution in [0.3, 0.4) is 0 Å². The molecule has 1 amide bonds. The lowest BCUT2D eigenvalue weighted by Crippen LogP contribution is -2.24. The molecular weight excluding hydrogens is 633 g/mol. The summed E-state index contributed by atoms with van der Waals surface area (Å²) in [5.74, 6) is 1.11. The molecule has 0 bridgehead atoms. The minimum atomic E-state index is -0.0797. The van der Waals surface area contributed by atoms with E-state index in [1.54, 1.807) is 30.7 Å². The highest BCUT2D eigenvalue weighted by Gasteiger charge is 2.25. The third-order valence-corrected chi connectivity index (χ3v) is 8.77. The Morgan fingerprint density at radius 2 is 1.90 bits per heavy atom. The number of methoxy groups -OCH3 is 1. The zero-order valence-corrected chi connectivity index (χ0v) is 25.1. The first-order chi connectivity index (χ1) is 19.6. The van der Waals surface area contributed by atoms with Crippen molar-refractivity contribution in [3.63, 3.8) is 0 Å². The van der Waals surface area contributed by atoms with Gasteiger partial charge in [0, 0.05) is 23.2 Å². The van der Waals surface area contributed by atoms with Gasteiger partial charge in [-0.15, -0.1) is 11.3 Å². The molecule has 8 heteroatoms. The quantitative estimate of drug-likeness (QED) is 0.150. The van der Waals surface area contributed by atoms with Crippen molar-refractivity contribution in [1.29, 1.82) is 5.26 Å². The predicted octanol–water partition coefficient (Wildman–Crippen LogP) is 7.37.